The number of carbonyl (C=O) groups is 1. The largest absolute Gasteiger partial charge is 0.325 e. The van der Waals surface area contributed by atoms with Gasteiger partial charge in [-0.05, 0) is 37.2 Å². The van der Waals surface area contributed by atoms with Gasteiger partial charge in [-0.25, -0.2) is 4.39 Å². The third-order valence-electron chi connectivity index (χ3n) is 1.94. The Hall–Kier alpha value is -1.68. The lowest BCUT2D eigenvalue weighted by Gasteiger charge is -2.05. The summed E-state index contributed by atoms with van der Waals surface area (Å²) in [6.45, 7) is 4.54. The lowest BCUT2D eigenvalue weighted by atomic mass is 10.3. The van der Waals surface area contributed by atoms with Crippen LogP contribution in [0.25, 0.3) is 0 Å². The van der Waals surface area contributed by atoms with Crippen molar-refractivity contribution in [1.29, 1.82) is 0 Å². The van der Waals surface area contributed by atoms with Gasteiger partial charge in [0.05, 0.1) is 6.54 Å². The summed E-state index contributed by atoms with van der Waals surface area (Å²) in [5, 5.41) is 5.61. The molecule has 0 aliphatic carbocycles. The Kier molecular flexibility index (Phi) is 5.22. The van der Waals surface area contributed by atoms with E-state index in [0.717, 1.165) is 13.0 Å². The van der Waals surface area contributed by atoms with Crippen molar-refractivity contribution >= 4 is 11.6 Å². The van der Waals surface area contributed by atoms with Gasteiger partial charge in [0.1, 0.15) is 5.82 Å². The number of hydrogen-bond donors (Lipinski definition) is 2. The van der Waals surface area contributed by atoms with Crippen LogP contribution in [0.2, 0.25) is 0 Å². The SMILES string of the molecule is C=CCCNCC(=O)Nc1ccc(F)cc1. The number of hydrogen-bond acceptors (Lipinski definition) is 2. The molecule has 1 amide bonds. The van der Waals surface area contributed by atoms with Crippen LogP contribution in [0.3, 0.4) is 0 Å². The second-order valence-electron chi connectivity index (χ2n) is 3.31. The van der Waals surface area contributed by atoms with Gasteiger partial charge >= 0.3 is 0 Å². The molecule has 4 heteroatoms. The highest BCUT2D eigenvalue weighted by molar-refractivity contribution is 5.92. The number of carbonyl (C=O) groups excluding carboxylic acids is 1. The molecule has 16 heavy (non-hydrogen) atoms. The van der Waals surface area contributed by atoms with Crippen LogP contribution in [-0.2, 0) is 4.79 Å². The van der Waals surface area contributed by atoms with Crippen molar-refractivity contribution in [2.75, 3.05) is 18.4 Å². The van der Waals surface area contributed by atoms with Gasteiger partial charge in [0, 0.05) is 5.69 Å². The standard InChI is InChI=1S/C12H15FN2O/c1-2-3-8-14-9-12(16)15-11-6-4-10(13)5-7-11/h2,4-7,14H,1,3,8-9H2,(H,15,16). The first-order chi connectivity index (χ1) is 7.72. The molecule has 0 spiro atoms. The van der Waals surface area contributed by atoms with Gasteiger partial charge in [0.2, 0.25) is 5.91 Å². The summed E-state index contributed by atoms with van der Waals surface area (Å²) in [6, 6.07) is 5.66. The highest BCUT2D eigenvalue weighted by Crippen LogP contribution is 2.07. The monoisotopic (exact) mass is 222 g/mol. The second-order valence-corrected chi connectivity index (χ2v) is 3.31. The minimum atomic E-state index is -0.317. The van der Waals surface area contributed by atoms with Crippen LogP contribution in [-0.4, -0.2) is 19.0 Å². The third-order valence-corrected chi connectivity index (χ3v) is 1.94. The summed E-state index contributed by atoms with van der Waals surface area (Å²) in [6.07, 6.45) is 2.61. The van der Waals surface area contributed by atoms with Crippen molar-refractivity contribution < 1.29 is 9.18 Å². The number of amides is 1. The van der Waals surface area contributed by atoms with Gasteiger partial charge in [-0.1, -0.05) is 6.08 Å². The van der Waals surface area contributed by atoms with Crippen LogP contribution in [0.1, 0.15) is 6.42 Å². The fourth-order valence-corrected chi connectivity index (χ4v) is 1.14. The van der Waals surface area contributed by atoms with Crippen LogP contribution >= 0.6 is 0 Å². The van der Waals surface area contributed by atoms with Gasteiger partial charge in [0.15, 0.2) is 0 Å². The molecular weight excluding hydrogens is 207 g/mol. The lowest BCUT2D eigenvalue weighted by molar-refractivity contribution is -0.115. The van der Waals surface area contributed by atoms with E-state index in [-0.39, 0.29) is 18.3 Å². The number of anilines is 1. The summed E-state index contributed by atoms with van der Waals surface area (Å²) in [7, 11) is 0. The molecule has 2 N–H and O–H groups in total. The fourth-order valence-electron chi connectivity index (χ4n) is 1.14. The maximum Gasteiger partial charge on any atom is 0.238 e. The summed E-state index contributed by atoms with van der Waals surface area (Å²) in [5.41, 5.74) is 0.594. The first-order valence-electron chi connectivity index (χ1n) is 5.09. The molecule has 0 bridgehead atoms. The van der Waals surface area contributed by atoms with Gasteiger partial charge in [-0.2, -0.15) is 0 Å². The number of rotatable bonds is 6. The van der Waals surface area contributed by atoms with E-state index in [4.69, 9.17) is 0 Å². The molecule has 0 atom stereocenters. The molecule has 86 valence electrons. The van der Waals surface area contributed by atoms with E-state index < -0.39 is 0 Å². The zero-order chi connectivity index (χ0) is 11.8. The Labute approximate surface area is 94.4 Å². The van der Waals surface area contributed by atoms with Crippen molar-refractivity contribution in [3.8, 4) is 0 Å². The van der Waals surface area contributed by atoms with E-state index in [1.807, 2.05) is 0 Å². The average molecular weight is 222 g/mol. The molecule has 0 aliphatic rings. The fraction of sp³-hybridized carbons (Fsp3) is 0.250. The lowest BCUT2D eigenvalue weighted by Crippen LogP contribution is -2.28. The number of halogens is 1. The predicted octanol–water partition coefficient (Wildman–Crippen LogP) is 1.93. The first kappa shape index (κ1) is 12.4. The highest BCUT2D eigenvalue weighted by atomic mass is 19.1. The van der Waals surface area contributed by atoms with Crippen LogP contribution in [0.5, 0.6) is 0 Å². The van der Waals surface area contributed by atoms with Crippen molar-refractivity contribution in [2.24, 2.45) is 0 Å². The minimum absolute atomic E-state index is 0.143. The van der Waals surface area contributed by atoms with E-state index in [0.29, 0.717) is 5.69 Å². The van der Waals surface area contributed by atoms with Crippen LogP contribution in [0.15, 0.2) is 36.9 Å². The summed E-state index contributed by atoms with van der Waals surface area (Å²) >= 11 is 0. The molecule has 0 aromatic heterocycles. The molecule has 1 aromatic carbocycles. The van der Waals surface area contributed by atoms with Crippen molar-refractivity contribution in [1.82, 2.24) is 5.32 Å². The van der Waals surface area contributed by atoms with Gasteiger partial charge in [-0.15, -0.1) is 6.58 Å². The van der Waals surface area contributed by atoms with Gasteiger partial charge in [-0.3, -0.25) is 4.79 Å². The Morgan fingerprint density at radius 3 is 2.69 bits per heavy atom. The average Bonchev–Trinajstić information content (AvgIpc) is 2.28. The third kappa shape index (κ3) is 4.70. The van der Waals surface area contributed by atoms with E-state index in [1.54, 1.807) is 6.08 Å². The topological polar surface area (TPSA) is 41.1 Å². The molecule has 0 saturated heterocycles. The summed E-state index contributed by atoms with van der Waals surface area (Å²) in [5.74, 6) is -0.460. The smallest absolute Gasteiger partial charge is 0.238 e. The van der Waals surface area contributed by atoms with Crippen LogP contribution < -0.4 is 10.6 Å². The van der Waals surface area contributed by atoms with E-state index in [9.17, 15) is 9.18 Å². The highest BCUT2D eigenvalue weighted by Gasteiger charge is 2.00. The molecule has 1 rings (SSSR count). The molecular formula is C12H15FN2O. The van der Waals surface area contributed by atoms with Crippen molar-refractivity contribution in [2.45, 2.75) is 6.42 Å². The van der Waals surface area contributed by atoms with E-state index >= 15 is 0 Å². The van der Waals surface area contributed by atoms with Crippen molar-refractivity contribution in [3.63, 3.8) is 0 Å². The molecule has 0 saturated carbocycles. The summed E-state index contributed by atoms with van der Waals surface area (Å²) < 4.78 is 12.6. The van der Waals surface area contributed by atoms with Gasteiger partial charge < -0.3 is 10.6 Å². The zero-order valence-corrected chi connectivity index (χ0v) is 9.00. The zero-order valence-electron chi connectivity index (χ0n) is 9.00. The summed E-state index contributed by atoms with van der Waals surface area (Å²) in [4.78, 5) is 11.4. The Morgan fingerprint density at radius 2 is 2.06 bits per heavy atom. The molecule has 3 nitrogen and oxygen atoms in total. The normalized spacial score (nSPS) is 9.81. The maximum absolute atomic E-state index is 12.6. The predicted molar refractivity (Wildman–Crippen MR) is 62.7 cm³/mol. The van der Waals surface area contributed by atoms with E-state index in [2.05, 4.69) is 17.2 Å². The second kappa shape index (κ2) is 6.74. The Morgan fingerprint density at radius 1 is 1.38 bits per heavy atom. The molecule has 0 heterocycles. The first-order valence-corrected chi connectivity index (χ1v) is 5.09. The molecule has 0 unspecified atom stereocenters. The quantitative estimate of drug-likeness (QED) is 0.570. The van der Waals surface area contributed by atoms with Crippen LogP contribution in [0.4, 0.5) is 10.1 Å². The Balaban J connectivity index is 2.28. The molecule has 0 fully saturated rings. The number of nitrogens with one attached hydrogen (secondary N) is 2. The molecule has 0 radical (unpaired) electrons. The molecule has 1 aromatic rings. The molecule has 0 aliphatic heterocycles. The van der Waals surface area contributed by atoms with Crippen LogP contribution in [0, 0.1) is 5.82 Å². The number of benzene rings is 1. The van der Waals surface area contributed by atoms with Crippen molar-refractivity contribution in [3.05, 3.63) is 42.7 Å². The minimum Gasteiger partial charge on any atom is -0.325 e. The Bertz CT molecular complexity index is 349. The van der Waals surface area contributed by atoms with Gasteiger partial charge in [0.25, 0.3) is 0 Å². The maximum atomic E-state index is 12.6. The van der Waals surface area contributed by atoms with E-state index in [1.165, 1.54) is 24.3 Å².